The van der Waals surface area contributed by atoms with Crippen molar-refractivity contribution in [1.82, 2.24) is 10.2 Å². The molecule has 0 bridgehead atoms. The Labute approximate surface area is 135 Å². The third-order valence-corrected chi connectivity index (χ3v) is 4.42. The second-order valence-electron chi connectivity index (χ2n) is 5.94. The van der Waals surface area contributed by atoms with E-state index in [1.165, 1.54) is 5.56 Å². The highest BCUT2D eigenvalue weighted by molar-refractivity contribution is 5.75. The number of carbonyl (C=O) groups is 1. The summed E-state index contributed by atoms with van der Waals surface area (Å²) in [6.45, 7) is 4.74. The summed E-state index contributed by atoms with van der Waals surface area (Å²) in [6.07, 6.45) is 0.809. The van der Waals surface area contributed by atoms with Gasteiger partial charge in [0.2, 0.25) is 0 Å². The van der Waals surface area contributed by atoms with Crippen molar-refractivity contribution in [3.8, 4) is 0 Å². The largest absolute Gasteiger partial charge is 0.466 e. The minimum absolute atomic E-state index is 0.0751. The van der Waals surface area contributed by atoms with Crippen LogP contribution in [0, 0.1) is 13.8 Å². The smallest absolute Gasteiger partial charge is 0.318 e. The summed E-state index contributed by atoms with van der Waals surface area (Å²) in [6, 6.07) is 9.48. The molecular weight excluding hydrogens is 292 g/mol. The molecule has 23 heavy (non-hydrogen) atoms. The third kappa shape index (κ3) is 3.10. The van der Waals surface area contributed by atoms with Crippen molar-refractivity contribution in [3.63, 3.8) is 0 Å². The maximum atomic E-state index is 12.5. The van der Waals surface area contributed by atoms with Gasteiger partial charge in [-0.1, -0.05) is 24.3 Å². The Balaban J connectivity index is 1.71. The molecule has 5 nitrogen and oxygen atoms in total. The van der Waals surface area contributed by atoms with E-state index in [9.17, 15) is 9.90 Å². The molecule has 2 amide bonds. The zero-order valence-corrected chi connectivity index (χ0v) is 13.5. The van der Waals surface area contributed by atoms with Gasteiger partial charge in [-0.25, -0.2) is 4.79 Å². The van der Waals surface area contributed by atoms with Crippen molar-refractivity contribution in [2.45, 2.75) is 32.9 Å². The molecular formula is C18H22N2O3. The summed E-state index contributed by atoms with van der Waals surface area (Å²) in [5, 5.41) is 12.7. The predicted molar refractivity (Wildman–Crippen MR) is 87.1 cm³/mol. The second kappa shape index (κ2) is 6.46. The van der Waals surface area contributed by atoms with Gasteiger partial charge in [-0.2, -0.15) is 0 Å². The number of nitrogens with one attached hydrogen (secondary N) is 1. The van der Waals surface area contributed by atoms with Crippen LogP contribution < -0.4 is 5.32 Å². The quantitative estimate of drug-likeness (QED) is 0.915. The number of nitrogens with zero attached hydrogens (tertiary/aromatic N) is 1. The number of amides is 2. The normalized spacial score (nSPS) is 17.0. The number of hydrogen-bond donors (Lipinski definition) is 2. The summed E-state index contributed by atoms with van der Waals surface area (Å²) >= 11 is 0. The van der Waals surface area contributed by atoms with Crippen LogP contribution in [-0.2, 0) is 13.0 Å². The van der Waals surface area contributed by atoms with Crippen LogP contribution in [0.3, 0.4) is 0 Å². The van der Waals surface area contributed by atoms with E-state index in [0.29, 0.717) is 13.1 Å². The Bertz CT molecular complexity index is 708. The summed E-state index contributed by atoms with van der Waals surface area (Å²) in [7, 11) is 0. The topological polar surface area (TPSA) is 65.7 Å². The average molecular weight is 314 g/mol. The zero-order valence-electron chi connectivity index (χ0n) is 13.5. The van der Waals surface area contributed by atoms with Gasteiger partial charge >= 0.3 is 6.03 Å². The summed E-state index contributed by atoms with van der Waals surface area (Å²) in [5.74, 6) is 1.66. The van der Waals surface area contributed by atoms with Crippen LogP contribution in [0.5, 0.6) is 0 Å². The Morgan fingerprint density at radius 2 is 2.17 bits per heavy atom. The van der Waals surface area contributed by atoms with E-state index in [1.807, 2.05) is 38.1 Å². The highest BCUT2D eigenvalue weighted by atomic mass is 16.3. The number of aliphatic hydroxyl groups excluding tert-OH is 1. The van der Waals surface area contributed by atoms with E-state index < -0.39 is 0 Å². The summed E-state index contributed by atoms with van der Waals surface area (Å²) in [4.78, 5) is 14.3. The first-order valence-electron chi connectivity index (χ1n) is 7.89. The fourth-order valence-corrected chi connectivity index (χ4v) is 3.22. The van der Waals surface area contributed by atoms with Gasteiger partial charge in [0.05, 0.1) is 12.6 Å². The Hall–Kier alpha value is -2.27. The number of carbonyl (C=O) groups excluding carboxylic acids is 1. The molecule has 0 saturated heterocycles. The van der Waals surface area contributed by atoms with E-state index in [0.717, 1.165) is 29.1 Å². The van der Waals surface area contributed by atoms with Crippen molar-refractivity contribution in [2.75, 3.05) is 13.2 Å². The number of hydrogen-bond acceptors (Lipinski definition) is 3. The first kappa shape index (κ1) is 15.6. The van der Waals surface area contributed by atoms with Gasteiger partial charge in [0.25, 0.3) is 0 Å². The first-order chi connectivity index (χ1) is 11.1. The fourth-order valence-electron chi connectivity index (χ4n) is 3.22. The monoisotopic (exact) mass is 314 g/mol. The molecule has 2 heterocycles. The van der Waals surface area contributed by atoms with Crippen molar-refractivity contribution in [1.29, 1.82) is 0 Å². The molecule has 2 N–H and O–H groups in total. The number of benzene rings is 1. The molecule has 2 aromatic rings. The maximum Gasteiger partial charge on any atom is 0.318 e. The van der Waals surface area contributed by atoms with E-state index in [-0.39, 0.29) is 18.7 Å². The molecule has 1 aromatic heterocycles. The molecule has 0 aliphatic carbocycles. The Kier molecular flexibility index (Phi) is 4.39. The molecule has 1 unspecified atom stereocenters. The molecule has 0 radical (unpaired) electrons. The van der Waals surface area contributed by atoms with E-state index in [2.05, 4.69) is 11.4 Å². The predicted octanol–water partition coefficient (Wildman–Crippen LogP) is 2.70. The fraction of sp³-hybridized carbons (Fsp3) is 0.389. The molecule has 3 rings (SSSR count). The lowest BCUT2D eigenvalue weighted by molar-refractivity contribution is 0.126. The van der Waals surface area contributed by atoms with Crippen molar-refractivity contribution < 1.29 is 14.3 Å². The van der Waals surface area contributed by atoms with Gasteiger partial charge in [-0.3, -0.25) is 0 Å². The molecule has 0 spiro atoms. The van der Waals surface area contributed by atoms with Gasteiger partial charge in [0.15, 0.2) is 0 Å². The van der Waals surface area contributed by atoms with Crippen molar-refractivity contribution in [3.05, 3.63) is 58.5 Å². The standard InChI is InChI=1S/C18H22N2O3/c1-12-9-15(13(2)23-12)10-19-18(22)20-8-7-14-5-3-4-6-16(14)17(20)11-21/h3-6,9,17,21H,7-8,10-11H2,1-2H3,(H,19,22). The SMILES string of the molecule is Cc1cc(CNC(=O)N2CCc3ccccc3C2CO)c(C)o1. The van der Waals surface area contributed by atoms with Gasteiger partial charge < -0.3 is 19.7 Å². The molecule has 1 aliphatic heterocycles. The van der Waals surface area contributed by atoms with Crippen LogP contribution in [-0.4, -0.2) is 29.2 Å². The second-order valence-corrected chi connectivity index (χ2v) is 5.94. The first-order valence-corrected chi connectivity index (χ1v) is 7.89. The number of rotatable bonds is 3. The molecule has 5 heteroatoms. The number of fused-ring (bicyclic) bond motifs is 1. The number of furan rings is 1. The van der Waals surface area contributed by atoms with Crippen LogP contribution >= 0.6 is 0 Å². The highest BCUT2D eigenvalue weighted by Crippen LogP contribution is 2.29. The Morgan fingerprint density at radius 3 is 2.87 bits per heavy atom. The van der Waals surface area contributed by atoms with Gasteiger partial charge in [-0.15, -0.1) is 0 Å². The molecule has 1 aliphatic rings. The van der Waals surface area contributed by atoms with Crippen molar-refractivity contribution in [2.24, 2.45) is 0 Å². The lowest BCUT2D eigenvalue weighted by atomic mass is 9.93. The van der Waals surface area contributed by atoms with Crippen LogP contribution in [0.15, 0.2) is 34.7 Å². The van der Waals surface area contributed by atoms with E-state index in [1.54, 1.807) is 4.90 Å². The number of aliphatic hydroxyl groups is 1. The molecule has 1 aromatic carbocycles. The Morgan fingerprint density at radius 1 is 1.39 bits per heavy atom. The minimum atomic E-state index is -0.285. The van der Waals surface area contributed by atoms with Gasteiger partial charge in [0, 0.05) is 18.7 Å². The lowest BCUT2D eigenvalue weighted by Gasteiger charge is -2.36. The van der Waals surface area contributed by atoms with Gasteiger partial charge in [-0.05, 0) is 37.5 Å². The van der Waals surface area contributed by atoms with E-state index >= 15 is 0 Å². The molecule has 122 valence electrons. The number of aryl methyl sites for hydroxylation is 2. The zero-order chi connectivity index (χ0) is 16.4. The molecule has 0 fully saturated rings. The summed E-state index contributed by atoms with van der Waals surface area (Å²) in [5.41, 5.74) is 3.22. The lowest BCUT2D eigenvalue weighted by Crippen LogP contribution is -2.46. The van der Waals surface area contributed by atoms with Crippen LogP contribution in [0.1, 0.15) is 34.3 Å². The van der Waals surface area contributed by atoms with Crippen LogP contribution in [0.2, 0.25) is 0 Å². The molecule has 1 atom stereocenters. The van der Waals surface area contributed by atoms with Crippen molar-refractivity contribution >= 4 is 6.03 Å². The van der Waals surface area contributed by atoms with Crippen LogP contribution in [0.25, 0.3) is 0 Å². The third-order valence-electron chi connectivity index (χ3n) is 4.42. The van der Waals surface area contributed by atoms with E-state index in [4.69, 9.17) is 4.42 Å². The highest BCUT2D eigenvalue weighted by Gasteiger charge is 2.30. The minimum Gasteiger partial charge on any atom is -0.466 e. The number of urea groups is 1. The molecule has 0 saturated carbocycles. The van der Waals surface area contributed by atoms with Crippen LogP contribution in [0.4, 0.5) is 4.79 Å². The summed E-state index contributed by atoms with van der Waals surface area (Å²) < 4.78 is 5.48. The van der Waals surface area contributed by atoms with Gasteiger partial charge in [0.1, 0.15) is 11.5 Å². The average Bonchev–Trinajstić information content (AvgIpc) is 2.89. The maximum absolute atomic E-state index is 12.5.